The molecule has 0 aliphatic rings. The van der Waals surface area contributed by atoms with Crippen LogP contribution < -0.4 is 5.76 Å². The normalized spacial score (nSPS) is 15.0. The summed E-state index contributed by atoms with van der Waals surface area (Å²) in [4.78, 5) is 13.8. The van der Waals surface area contributed by atoms with Crippen LogP contribution in [0, 0.1) is 0 Å². The average Bonchev–Trinajstić information content (AvgIpc) is 2.68. The highest BCUT2D eigenvalue weighted by atomic mass is 16.4. The van der Waals surface area contributed by atoms with Crippen molar-refractivity contribution in [3.8, 4) is 0 Å². The van der Waals surface area contributed by atoms with Gasteiger partial charge in [-0.2, -0.15) is 0 Å². The molecule has 0 spiro atoms. The third-order valence-corrected chi connectivity index (χ3v) is 3.70. The van der Waals surface area contributed by atoms with Crippen molar-refractivity contribution in [3.05, 3.63) is 34.3 Å². The van der Waals surface area contributed by atoms with E-state index in [1.165, 1.54) is 5.56 Å². The predicted molar refractivity (Wildman–Crippen MR) is 69.4 cm³/mol. The van der Waals surface area contributed by atoms with Gasteiger partial charge >= 0.3 is 5.76 Å². The minimum Gasteiger partial charge on any atom is -0.408 e. The zero-order valence-corrected chi connectivity index (χ0v) is 10.7. The van der Waals surface area contributed by atoms with Gasteiger partial charge in [0.25, 0.3) is 0 Å². The summed E-state index contributed by atoms with van der Waals surface area (Å²) in [5.41, 5.74) is 2.88. The molecule has 0 aliphatic carbocycles. The molecule has 0 amide bonds. The molecule has 1 N–H and O–H groups in total. The summed E-state index contributed by atoms with van der Waals surface area (Å²) >= 11 is 0. The Kier molecular flexibility index (Phi) is 3.09. The SMILES string of the molecule is CCCC(C)(CC)c1ccc2oc(=O)[nH]c2c1. The molecule has 1 unspecified atom stereocenters. The van der Waals surface area contributed by atoms with E-state index >= 15 is 0 Å². The monoisotopic (exact) mass is 233 g/mol. The summed E-state index contributed by atoms with van der Waals surface area (Å²) in [6.45, 7) is 6.68. The van der Waals surface area contributed by atoms with Crippen LogP contribution in [0.3, 0.4) is 0 Å². The molecule has 3 nitrogen and oxygen atoms in total. The third-order valence-electron chi connectivity index (χ3n) is 3.70. The number of oxazole rings is 1. The Hall–Kier alpha value is -1.51. The van der Waals surface area contributed by atoms with E-state index < -0.39 is 0 Å². The van der Waals surface area contributed by atoms with Gasteiger partial charge in [0.1, 0.15) is 0 Å². The Bertz CT molecular complexity index is 567. The second-order valence-electron chi connectivity index (χ2n) is 4.89. The number of hydrogen-bond acceptors (Lipinski definition) is 2. The van der Waals surface area contributed by atoms with Crippen molar-refractivity contribution in [2.75, 3.05) is 0 Å². The topological polar surface area (TPSA) is 46.0 Å². The van der Waals surface area contributed by atoms with Gasteiger partial charge in [-0.25, -0.2) is 4.79 Å². The highest BCUT2D eigenvalue weighted by Crippen LogP contribution is 2.33. The van der Waals surface area contributed by atoms with Crippen molar-refractivity contribution in [2.24, 2.45) is 0 Å². The molecule has 1 atom stereocenters. The molecule has 0 aliphatic heterocycles. The van der Waals surface area contributed by atoms with Crippen LogP contribution in [0.25, 0.3) is 11.1 Å². The first-order chi connectivity index (χ1) is 8.09. The van der Waals surface area contributed by atoms with Crippen LogP contribution in [-0.2, 0) is 5.41 Å². The Morgan fingerprint density at radius 1 is 1.35 bits per heavy atom. The quantitative estimate of drug-likeness (QED) is 0.877. The van der Waals surface area contributed by atoms with Crippen LogP contribution >= 0.6 is 0 Å². The van der Waals surface area contributed by atoms with E-state index in [1.54, 1.807) is 0 Å². The van der Waals surface area contributed by atoms with Crippen LogP contribution in [0.2, 0.25) is 0 Å². The van der Waals surface area contributed by atoms with Crippen LogP contribution in [0.5, 0.6) is 0 Å². The van der Waals surface area contributed by atoms with Crippen LogP contribution in [0.15, 0.2) is 27.4 Å². The van der Waals surface area contributed by atoms with Gasteiger partial charge in [-0.3, -0.25) is 4.98 Å². The lowest BCUT2D eigenvalue weighted by Crippen LogP contribution is -2.20. The number of aromatic amines is 1. The molecule has 0 saturated carbocycles. The minimum atomic E-state index is -0.383. The predicted octanol–water partition coefficient (Wildman–Crippen LogP) is 3.59. The fourth-order valence-electron chi connectivity index (χ4n) is 2.40. The van der Waals surface area contributed by atoms with E-state index in [2.05, 4.69) is 31.8 Å². The number of nitrogens with one attached hydrogen (secondary N) is 1. The van der Waals surface area contributed by atoms with Crippen molar-refractivity contribution in [1.82, 2.24) is 4.98 Å². The summed E-state index contributed by atoms with van der Waals surface area (Å²) in [6.07, 6.45) is 3.40. The van der Waals surface area contributed by atoms with Crippen molar-refractivity contribution in [2.45, 2.75) is 45.4 Å². The van der Waals surface area contributed by atoms with E-state index in [0.717, 1.165) is 24.8 Å². The first-order valence-corrected chi connectivity index (χ1v) is 6.22. The summed E-state index contributed by atoms with van der Waals surface area (Å²) in [5, 5.41) is 0. The van der Waals surface area contributed by atoms with Crippen LogP contribution in [0.1, 0.15) is 45.6 Å². The second-order valence-corrected chi connectivity index (χ2v) is 4.89. The fourth-order valence-corrected chi connectivity index (χ4v) is 2.40. The molecule has 1 aromatic carbocycles. The summed E-state index contributed by atoms with van der Waals surface area (Å²) in [5.74, 6) is -0.383. The second kappa shape index (κ2) is 4.40. The molecule has 17 heavy (non-hydrogen) atoms. The summed E-state index contributed by atoms with van der Waals surface area (Å²) in [7, 11) is 0. The highest BCUT2D eigenvalue weighted by Gasteiger charge is 2.23. The molecule has 0 radical (unpaired) electrons. The minimum absolute atomic E-state index is 0.178. The van der Waals surface area contributed by atoms with E-state index in [0.29, 0.717) is 5.58 Å². The number of fused-ring (bicyclic) bond motifs is 1. The first-order valence-electron chi connectivity index (χ1n) is 6.22. The van der Waals surface area contributed by atoms with Crippen molar-refractivity contribution in [3.63, 3.8) is 0 Å². The van der Waals surface area contributed by atoms with Gasteiger partial charge < -0.3 is 4.42 Å². The van der Waals surface area contributed by atoms with Gasteiger partial charge in [-0.1, -0.05) is 33.3 Å². The maximum atomic E-state index is 11.1. The van der Waals surface area contributed by atoms with Crippen molar-refractivity contribution in [1.29, 1.82) is 0 Å². The highest BCUT2D eigenvalue weighted by molar-refractivity contribution is 5.73. The number of aromatic nitrogens is 1. The first kappa shape index (κ1) is 12.0. The molecule has 3 heteroatoms. The Labute approximate surface area is 101 Å². The summed E-state index contributed by atoms with van der Waals surface area (Å²) in [6, 6.07) is 5.99. The fraction of sp³-hybridized carbons (Fsp3) is 0.500. The molecular formula is C14H19NO2. The lowest BCUT2D eigenvalue weighted by Gasteiger charge is -2.28. The van der Waals surface area contributed by atoms with Crippen LogP contribution in [-0.4, -0.2) is 4.98 Å². The molecule has 0 saturated heterocycles. The Morgan fingerprint density at radius 2 is 2.12 bits per heavy atom. The van der Waals surface area contributed by atoms with Gasteiger partial charge in [0.05, 0.1) is 5.52 Å². The summed E-state index contributed by atoms with van der Waals surface area (Å²) < 4.78 is 5.02. The lowest BCUT2D eigenvalue weighted by atomic mass is 9.76. The maximum absolute atomic E-state index is 11.1. The molecule has 2 rings (SSSR count). The van der Waals surface area contributed by atoms with E-state index in [-0.39, 0.29) is 11.2 Å². The van der Waals surface area contributed by atoms with E-state index in [1.807, 2.05) is 12.1 Å². The zero-order chi connectivity index (χ0) is 12.5. The lowest BCUT2D eigenvalue weighted by molar-refractivity contribution is 0.414. The standard InChI is InChI=1S/C14H19NO2/c1-4-8-14(3,5-2)10-6-7-12-11(9-10)15-13(16)17-12/h6-7,9H,4-5,8H2,1-3H3,(H,15,16). The van der Waals surface area contributed by atoms with E-state index in [9.17, 15) is 4.79 Å². The number of H-pyrrole nitrogens is 1. The van der Waals surface area contributed by atoms with Crippen molar-refractivity contribution >= 4 is 11.1 Å². The molecule has 92 valence electrons. The van der Waals surface area contributed by atoms with Gasteiger partial charge in [0.15, 0.2) is 5.58 Å². The number of hydrogen-bond donors (Lipinski definition) is 1. The number of rotatable bonds is 4. The zero-order valence-electron chi connectivity index (χ0n) is 10.7. The van der Waals surface area contributed by atoms with Crippen LogP contribution in [0.4, 0.5) is 0 Å². The Morgan fingerprint density at radius 3 is 2.76 bits per heavy atom. The maximum Gasteiger partial charge on any atom is 0.417 e. The van der Waals surface area contributed by atoms with Gasteiger partial charge in [0, 0.05) is 0 Å². The molecule has 1 aromatic heterocycles. The molecule has 0 fully saturated rings. The molecule has 1 heterocycles. The largest absolute Gasteiger partial charge is 0.417 e. The van der Waals surface area contributed by atoms with Crippen molar-refractivity contribution < 1.29 is 4.42 Å². The third kappa shape index (κ3) is 2.14. The van der Waals surface area contributed by atoms with Gasteiger partial charge in [-0.15, -0.1) is 0 Å². The van der Waals surface area contributed by atoms with E-state index in [4.69, 9.17) is 4.42 Å². The average molecular weight is 233 g/mol. The molecule has 0 bridgehead atoms. The molecule has 2 aromatic rings. The number of benzene rings is 1. The smallest absolute Gasteiger partial charge is 0.408 e. The Balaban J connectivity index is 2.50. The van der Waals surface area contributed by atoms with Gasteiger partial charge in [0.2, 0.25) is 0 Å². The molecular weight excluding hydrogens is 214 g/mol. The van der Waals surface area contributed by atoms with Gasteiger partial charge in [-0.05, 0) is 36.0 Å².